The van der Waals surface area contributed by atoms with Crippen molar-refractivity contribution in [2.75, 3.05) is 10.8 Å². The zero-order valence-corrected chi connectivity index (χ0v) is 26.5. The van der Waals surface area contributed by atoms with Crippen LogP contribution in [0.15, 0.2) is 82.2 Å². The van der Waals surface area contributed by atoms with E-state index in [-0.39, 0.29) is 23.4 Å². The van der Waals surface area contributed by atoms with Crippen molar-refractivity contribution in [3.8, 4) is 0 Å². The van der Waals surface area contributed by atoms with Crippen LogP contribution in [-0.4, -0.2) is 43.8 Å². The quantitative estimate of drug-likeness (QED) is 0.255. The van der Waals surface area contributed by atoms with Crippen LogP contribution in [0.1, 0.15) is 44.6 Å². The highest BCUT2D eigenvalue weighted by Crippen LogP contribution is 2.29. The lowest BCUT2D eigenvalue weighted by Crippen LogP contribution is -2.53. The van der Waals surface area contributed by atoms with Crippen molar-refractivity contribution in [2.24, 2.45) is 0 Å². The van der Waals surface area contributed by atoms with Crippen molar-refractivity contribution in [1.29, 1.82) is 0 Å². The van der Waals surface area contributed by atoms with Gasteiger partial charge in [0.2, 0.25) is 11.8 Å². The molecule has 1 N–H and O–H groups in total. The van der Waals surface area contributed by atoms with Crippen LogP contribution < -0.4 is 9.62 Å². The van der Waals surface area contributed by atoms with Crippen LogP contribution in [0.4, 0.5) is 5.69 Å². The molecule has 3 aromatic rings. The molecule has 7 nitrogen and oxygen atoms in total. The molecule has 1 aliphatic rings. The minimum absolute atomic E-state index is 0.0381. The highest BCUT2D eigenvalue weighted by atomic mass is 79.9. The van der Waals surface area contributed by atoms with Crippen LogP contribution in [0.3, 0.4) is 0 Å². The van der Waals surface area contributed by atoms with Crippen LogP contribution in [-0.2, 0) is 26.2 Å². The van der Waals surface area contributed by atoms with E-state index in [0.717, 1.165) is 36.4 Å². The first-order valence-electron chi connectivity index (χ1n) is 13.4. The van der Waals surface area contributed by atoms with Gasteiger partial charge in [0, 0.05) is 32.7 Å². The van der Waals surface area contributed by atoms with E-state index in [2.05, 4.69) is 21.2 Å². The van der Waals surface area contributed by atoms with E-state index in [1.807, 2.05) is 0 Å². The number of hydrogen-bond donors (Lipinski definition) is 1. The molecular formula is C30H32BrCl2N3O4S. The molecule has 0 heterocycles. The number of anilines is 1. The second kappa shape index (κ2) is 14.1. The molecule has 1 atom stereocenters. The van der Waals surface area contributed by atoms with Crippen molar-refractivity contribution in [3.63, 3.8) is 0 Å². The lowest BCUT2D eigenvalue weighted by atomic mass is 9.95. The highest BCUT2D eigenvalue weighted by Gasteiger charge is 2.33. The highest BCUT2D eigenvalue weighted by molar-refractivity contribution is 9.10. The van der Waals surface area contributed by atoms with Crippen LogP contribution >= 0.6 is 39.1 Å². The maximum Gasteiger partial charge on any atom is 0.264 e. The van der Waals surface area contributed by atoms with E-state index in [9.17, 15) is 18.0 Å². The Hall–Kier alpha value is -2.59. The van der Waals surface area contributed by atoms with E-state index in [1.165, 1.54) is 17.0 Å². The van der Waals surface area contributed by atoms with E-state index < -0.39 is 28.5 Å². The predicted octanol–water partition coefficient (Wildman–Crippen LogP) is 6.82. The van der Waals surface area contributed by atoms with Gasteiger partial charge in [-0.15, -0.1) is 0 Å². The van der Waals surface area contributed by atoms with Crippen LogP contribution in [0.2, 0.25) is 10.0 Å². The number of hydrogen-bond acceptors (Lipinski definition) is 4. The Morgan fingerprint density at radius 3 is 2.22 bits per heavy atom. The first kappa shape index (κ1) is 31.3. The van der Waals surface area contributed by atoms with Crippen LogP contribution in [0.25, 0.3) is 0 Å². The molecule has 0 aliphatic heterocycles. The Morgan fingerprint density at radius 1 is 0.951 bits per heavy atom. The number of rotatable bonds is 10. The standard InChI is InChI=1S/C30H32BrCl2N3O4S/c1-21(30(38)34-23-11-4-2-5-12-23)35(19-26-27(32)16-9-17-28(26)33)29(37)20-36(24-13-8-10-22(31)18-24)41(39,40)25-14-6-3-7-15-25/h3,6-10,13-18,21,23H,2,4-5,11-12,19-20H2,1H3,(H,34,38)/t21-/m1/s1. The van der Waals surface area contributed by atoms with Crippen molar-refractivity contribution in [2.45, 2.75) is 62.6 Å². The molecule has 0 aromatic heterocycles. The van der Waals surface area contributed by atoms with Gasteiger partial charge in [-0.1, -0.05) is 88.7 Å². The zero-order chi connectivity index (χ0) is 29.6. The predicted molar refractivity (Wildman–Crippen MR) is 167 cm³/mol. The second-order valence-corrected chi connectivity index (χ2v) is 13.6. The third-order valence-corrected chi connectivity index (χ3v) is 10.2. The minimum Gasteiger partial charge on any atom is -0.352 e. The molecule has 0 radical (unpaired) electrons. The molecule has 0 saturated heterocycles. The van der Waals surface area contributed by atoms with Gasteiger partial charge in [0.05, 0.1) is 10.6 Å². The molecule has 4 rings (SSSR count). The van der Waals surface area contributed by atoms with Gasteiger partial charge in [0.1, 0.15) is 12.6 Å². The van der Waals surface area contributed by atoms with Crippen LogP contribution in [0.5, 0.6) is 0 Å². The molecule has 0 spiro atoms. The Balaban J connectivity index is 1.70. The molecule has 1 aliphatic carbocycles. The fourth-order valence-corrected chi connectivity index (χ4v) is 7.22. The minimum atomic E-state index is -4.14. The Bertz CT molecular complexity index is 1460. The fraction of sp³-hybridized carbons (Fsp3) is 0.333. The summed E-state index contributed by atoms with van der Waals surface area (Å²) in [6.45, 7) is 1.01. The summed E-state index contributed by atoms with van der Waals surface area (Å²) in [5, 5.41) is 3.77. The van der Waals surface area contributed by atoms with Crippen LogP contribution in [0, 0.1) is 0 Å². The summed E-state index contributed by atoms with van der Waals surface area (Å²) in [7, 11) is -4.14. The van der Waals surface area contributed by atoms with E-state index in [4.69, 9.17) is 23.2 Å². The van der Waals surface area contributed by atoms with Gasteiger partial charge >= 0.3 is 0 Å². The average molecular weight is 681 g/mol. The molecule has 1 fully saturated rings. The lowest BCUT2D eigenvalue weighted by Gasteiger charge is -2.33. The van der Waals surface area contributed by atoms with Gasteiger partial charge in [-0.3, -0.25) is 13.9 Å². The molecule has 0 bridgehead atoms. The maximum atomic E-state index is 14.1. The number of carbonyl (C=O) groups excluding carboxylic acids is 2. The molecule has 3 aromatic carbocycles. The van der Waals surface area contributed by atoms with Crippen molar-refractivity contribution >= 4 is 66.7 Å². The topological polar surface area (TPSA) is 86.8 Å². The summed E-state index contributed by atoms with van der Waals surface area (Å²) < 4.78 is 29.4. The van der Waals surface area contributed by atoms with Gasteiger partial charge in [0.15, 0.2) is 0 Å². The van der Waals surface area contributed by atoms with Gasteiger partial charge < -0.3 is 10.2 Å². The third-order valence-electron chi connectivity index (χ3n) is 7.22. The number of benzene rings is 3. The van der Waals surface area contributed by atoms with Gasteiger partial charge in [-0.2, -0.15) is 0 Å². The monoisotopic (exact) mass is 679 g/mol. The number of sulfonamides is 1. The summed E-state index contributed by atoms with van der Waals surface area (Å²) in [6.07, 6.45) is 4.98. The first-order chi connectivity index (χ1) is 19.6. The largest absolute Gasteiger partial charge is 0.352 e. The molecule has 11 heteroatoms. The lowest BCUT2D eigenvalue weighted by molar-refractivity contribution is -0.139. The average Bonchev–Trinajstić information content (AvgIpc) is 2.96. The normalized spacial score (nSPS) is 14.7. The number of nitrogens with one attached hydrogen (secondary N) is 1. The van der Waals surface area contributed by atoms with Crippen molar-refractivity contribution in [1.82, 2.24) is 10.2 Å². The van der Waals surface area contributed by atoms with Gasteiger partial charge in [0.25, 0.3) is 10.0 Å². The van der Waals surface area contributed by atoms with E-state index >= 15 is 0 Å². The Kier molecular flexibility index (Phi) is 10.7. The second-order valence-electron chi connectivity index (χ2n) is 10.0. The number of nitrogens with zero attached hydrogens (tertiary/aromatic N) is 2. The maximum absolute atomic E-state index is 14.1. The van der Waals surface area contributed by atoms with Gasteiger partial charge in [-0.05, 0) is 62.2 Å². The SMILES string of the molecule is C[C@H](C(=O)NC1CCCCC1)N(Cc1c(Cl)cccc1Cl)C(=O)CN(c1cccc(Br)c1)S(=O)(=O)c1ccccc1. The molecule has 0 unspecified atom stereocenters. The van der Waals surface area contributed by atoms with Crippen molar-refractivity contribution in [3.05, 3.63) is 92.9 Å². The van der Waals surface area contributed by atoms with E-state index in [1.54, 1.807) is 67.6 Å². The Labute approximate surface area is 260 Å². The number of amides is 2. The summed E-state index contributed by atoms with van der Waals surface area (Å²) in [4.78, 5) is 28.9. The van der Waals surface area contributed by atoms with Gasteiger partial charge in [-0.25, -0.2) is 8.42 Å². The summed E-state index contributed by atoms with van der Waals surface area (Å²) >= 11 is 16.3. The number of halogens is 3. The summed E-state index contributed by atoms with van der Waals surface area (Å²) in [5.74, 6) is -0.889. The molecule has 2 amide bonds. The third kappa shape index (κ3) is 7.83. The first-order valence-corrected chi connectivity index (χ1v) is 16.4. The summed E-state index contributed by atoms with van der Waals surface area (Å²) in [5.41, 5.74) is 0.771. The number of carbonyl (C=O) groups is 2. The smallest absolute Gasteiger partial charge is 0.264 e. The molecule has 1 saturated carbocycles. The molecular weight excluding hydrogens is 649 g/mol. The fourth-order valence-electron chi connectivity index (χ4n) is 4.88. The van der Waals surface area contributed by atoms with E-state index in [0.29, 0.717) is 25.8 Å². The van der Waals surface area contributed by atoms with Crippen molar-refractivity contribution < 1.29 is 18.0 Å². The summed E-state index contributed by atoms with van der Waals surface area (Å²) in [6, 6.07) is 18.8. The molecule has 218 valence electrons. The Morgan fingerprint density at radius 2 is 1.59 bits per heavy atom. The zero-order valence-electron chi connectivity index (χ0n) is 22.6. The molecule has 41 heavy (non-hydrogen) atoms.